The van der Waals surface area contributed by atoms with Gasteiger partial charge in [0.05, 0.1) is 22.3 Å². The van der Waals surface area contributed by atoms with Gasteiger partial charge in [0.1, 0.15) is 0 Å². The minimum Gasteiger partial charge on any atom is -0.478 e. The quantitative estimate of drug-likeness (QED) is 0.774. The molecule has 3 rings (SSSR count). The van der Waals surface area contributed by atoms with E-state index in [9.17, 15) is 9.59 Å². The van der Waals surface area contributed by atoms with Crippen LogP contribution in [0.4, 0.5) is 5.69 Å². The Hall–Kier alpha value is -3.28. The first kappa shape index (κ1) is 13.7. The number of carbonyl (C=O) groups is 2. The molecule has 0 saturated carbocycles. The van der Waals surface area contributed by atoms with Crippen LogP contribution in [0.2, 0.25) is 0 Å². The molecule has 0 radical (unpaired) electrons. The van der Waals surface area contributed by atoms with Gasteiger partial charge in [0.2, 0.25) is 0 Å². The zero-order chi connectivity index (χ0) is 15.5. The molecule has 0 atom stereocenters. The number of anilines is 1. The molecule has 0 aliphatic heterocycles. The van der Waals surface area contributed by atoms with E-state index < -0.39 is 11.9 Å². The second kappa shape index (κ2) is 5.61. The Kier molecular flexibility index (Phi) is 3.49. The van der Waals surface area contributed by atoms with Crippen LogP contribution in [0.3, 0.4) is 0 Å². The van der Waals surface area contributed by atoms with Crippen molar-refractivity contribution in [2.75, 3.05) is 5.32 Å². The van der Waals surface area contributed by atoms with Crippen molar-refractivity contribution in [1.82, 2.24) is 9.97 Å². The number of carbonyl (C=O) groups excluding carboxylic acids is 1. The summed E-state index contributed by atoms with van der Waals surface area (Å²) in [5, 5.41) is 11.7. The summed E-state index contributed by atoms with van der Waals surface area (Å²) < 4.78 is 0. The molecule has 22 heavy (non-hydrogen) atoms. The van der Waals surface area contributed by atoms with E-state index in [2.05, 4.69) is 15.3 Å². The zero-order valence-corrected chi connectivity index (χ0v) is 11.4. The van der Waals surface area contributed by atoms with Crippen molar-refractivity contribution in [1.29, 1.82) is 0 Å². The van der Waals surface area contributed by atoms with Gasteiger partial charge >= 0.3 is 5.97 Å². The minimum absolute atomic E-state index is 0.0384. The molecule has 108 valence electrons. The number of nitrogens with one attached hydrogen (secondary N) is 1. The van der Waals surface area contributed by atoms with Gasteiger partial charge in [-0.3, -0.25) is 14.8 Å². The van der Waals surface area contributed by atoms with Crippen molar-refractivity contribution in [3.8, 4) is 0 Å². The second-order valence-electron chi connectivity index (χ2n) is 4.56. The number of amides is 1. The largest absolute Gasteiger partial charge is 0.478 e. The molecule has 0 saturated heterocycles. The van der Waals surface area contributed by atoms with E-state index in [4.69, 9.17) is 5.11 Å². The van der Waals surface area contributed by atoms with Crippen molar-refractivity contribution in [3.05, 3.63) is 66.0 Å². The molecule has 2 aromatic carbocycles. The number of benzene rings is 2. The number of hydrogen-bond donors (Lipinski definition) is 2. The van der Waals surface area contributed by atoms with Gasteiger partial charge in [-0.1, -0.05) is 12.1 Å². The average molecular weight is 293 g/mol. The average Bonchev–Trinajstić information content (AvgIpc) is 2.54. The molecule has 0 bridgehead atoms. The lowest BCUT2D eigenvalue weighted by Gasteiger charge is -2.08. The van der Waals surface area contributed by atoms with Crippen LogP contribution < -0.4 is 5.32 Å². The summed E-state index contributed by atoms with van der Waals surface area (Å²) in [4.78, 5) is 31.7. The molecule has 1 heterocycles. The van der Waals surface area contributed by atoms with E-state index in [-0.39, 0.29) is 11.3 Å². The fraction of sp³-hybridized carbons (Fsp3) is 0. The number of carboxylic acids is 1. The van der Waals surface area contributed by atoms with Crippen molar-refractivity contribution in [2.45, 2.75) is 0 Å². The lowest BCUT2D eigenvalue weighted by molar-refractivity contribution is 0.0698. The molecule has 2 N–H and O–H groups in total. The molecule has 3 aromatic rings. The highest BCUT2D eigenvalue weighted by Crippen LogP contribution is 2.17. The number of para-hydroxylation sites is 1. The van der Waals surface area contributed by atoms with Gasteiger partial charge in [0.15, 0.2) is 0 Å². The first-order valence-corrected chi connectivity index (χ1v) is 6.49. The van der Waals surface area contributed by atoms with E-state index in [1.54, 1.807) is 48.8 Å². The number of aromatic nitrogens is 2. The number of aromatic carboxylic acids is 1. The second-order valence-corrected chi connectivity index (χ2v) is 4.56. The van der Waals surface area contributed by atoms with E-state index in [1.165, 1.54) is 6.07 Å². The fourth-order valence-corrected chi connectivity index (χ4v) is 2.08. The van der Waals surface area contributed by atoms with Crippen LogP contribution in [0, 0.1) is 0 Å². The molecule has 1 amide bonds. The number of nitrogens with zero attached hydrogens (tertiary/aromatic N) is 2. The number of carboxylic acid groups (broad SMARTS) is 1. The summed E-state index contributed by atoms with van der Waals surface area (Å²) >= 11 is 0. The summed E-state index contributed by atoms with van der Waals surface area (Å²) in [5.41, 5.74) is 1.95. The van der Waals surface area contributed by atoms with Gasteiger partial charge < -0.3 is 10.4 Å². The topological polar surface area (TPSA) is 92.2 Å². The summed E-state index contributed by atoms with van der Waals surface area (Å²) in [7, 11) is 0. The molecular formula is C16H11N3O3. The maximum atomic E-state index is 12.3. The monoisotopic (exact) mass is 293 g/mol. The maximum Gasteiger partial charge on any atom is 0.337 e. The highest BCUT2D eigenvalue weighted by Gasteiger charge is 2.13. The standard InChI is InChI=1S/C16H11N3O3/c20-15(19-12-4-2-1-3-11(12)16(21)22)10-5-6-13-14(9-10)18-8-7-17-13/h1-9H,(H,19,20)(H,21,22). The zero-order valence-electron chi connectivity index (χ0n) is 11.4. The van der Waals surface area contributed by atoms with Gasteiger partial charge in [-0.2, -0.15) is 0 Å². The minimum atomic E-state index is -1.10. The smallest absolute Gasteiger partial charge is 0.337 e. The Labute approximate surface area is 125 Å². The van der Waals surface area contributed by atoms with Gasteiger partial charge in [0, 0.05) is 18.0 Å². The summed E-state index contributed by atoms with van der Waals surface area (Å²) in [6, 6.07) is 11.2. The Balaban J connectivity index is 1.92. The highest BCUT2D eigenvalue weighted by atomic mass is 16.4. The normalized spacial score (nSPS) is 10.4. The van der Waals surface area contributed by atoms with Crippen molar-refractivity contribution < 1.29 is 14.7 Å². The van der Waals surface area contributed by atoms with Gasteiger partial charge in [-0.15, -0.1) is 0 Å². The van der Waals surface area contributed by atoms with Crippen LogP contribution in [0.1, 0.15) is 20.7 Å². The lowest BCUT2D eigenvalue weighted by atomic mass is 10.1. The molecule has 6 heteroatoms. The number of hydrogen-bond acceptors (Lipinski definition) is 4. The van der Waals surface area contributed by atoms with Crippen LogP contribution in [0.5, 0.6) is 0 Å². The molecule has 1 aromatic heterocycles. The maximum absolute atomic E-state index is 12.3. The van der Waals surface area contributed by atoms with E-state index >= 15 is 0 Å². The van der Waals surface area contributed by atoms with Crippen LogP contribution in [-0.2, 0) is 0 Å². The SMILES string of the molecule is O=C(Nc1ccccc1C(=O)O)c1ccc2nccnc2c1. The fourth-order valence-electron chi connectivity index (χ4n) is 2.08. The van der Waals surface area contributed by atoms with Crippen LogP contribution >= 0.6 is 0 Å². The highest BCUT2D eigenvalue weighted by molar-refractivity contribution is 6.08. The molecule has 0 unspecified atom stereocenters. The predicted molar refractivity (Wildman–Crippen MR) is 80.9 cm³/mol. The van der Waals surface area contributed by atoms with Crippen LogP contribution in [-0.4, -0.2) is 27.0 Å². The first-order chi connectivity index (χ1) is 10.6. The van der Waals surface area contributed by atoms with Gasteiger partial charge in [-0.05, 0) is 30.3 Å². The third-order valence-corrected chi connectivity index (χ3v) is 3.14. The third kappa shape index (κ3) is 2.62. The lowest BCUT2D eigenvalue weighted by Crippen LogP contribution is -2.14. The Morgan fingerprint density at radius 1 is 0.955 bits per heavy atom. The molecule has 0 aliphatic rings. The molecule has 0 aliphatic carbocycles. The van der Waals surface area contributed by atoms with Crippen molar-refractivity contribution in [3.63, 3.8) is 0 Å². The Morgan fingerprint density at radius 2 is 1.68 bits per heavy atom. The molecule has 0 spiro atoms. The van der Waals surface area contributed by atoms with Gasteiger partial charge in [0.25, 0.3) is 5.91 Å². The van der Waals surface area contributed by atoms with Crippen molar-refractivity contribution in [2.24, 2.45) is 0 Å². The summed E-state index contributed by atoms with van der Waals surface area (Å²) in [6.45, 7) is 0. The molecular weight excluding hydrogens is 282 g/mol. The third-order valence-electron chi connectivity index (χ3n) is 3.14. The summed E-state index contributed by atoms with van der Waals surface area (Å²) in [6.07, 6.45) is 3.12. The Morgan fingerprint density at radius 3 is 2.45 bits per heavy atom. The predicted octanol–water partition coefficient (Wildman–Crippen LogP) is 2.58. The molecule has 6 nitrogen and oxygen atoms in total. The number of fused-ring (bicyclic) bond motifs is 1. The van der Waals surface area contributed by atoms with E-state index in [1.807, 2.05) is 0 Å². The number of rotatable bonds is 3. The first-order valence-electron chi connectivity index (χ1n) is 6.49. The van der Waals surface area contributed by atoms with Gasteiger partial charge in [-0.25, -0.2) is 4.79 Å². The van der Waals surface area contributed by atoms with Crippen molar-refractivity contribution >= 4 is 28.6 Å². The Bertz CT molecular complexity index is 877. The van der Waals surface area contributed by atoms with E-state index in [0.29, 0.717) is 16.6 Å². The van der Waals surface area contributed by atoms with Crippen LogP contribution in [0.25, 0.3) is 11.0 Å². The van der Waals surface area contributed by atoms with Crippen LogP contribution in [0.15, 0.2) is 54.9 Å². The van der Waals surface area contributed by atoms with E-state index in [0.717, 1.165) is 0 Å². The molecule has 0 fully saturated rings. The summed E-state index contributed by atoms with van der Waals surface area (Å²) in [5.74, 6) is -1.50.